The molecule has 0 saturated carbocycles. The van der Waals surface area contributed by atoms with Gasteiger partial charge in [-0.1, -0.05) is 13.8 Å². The van der Waals surface area contributed by atoms with E-state index in [4.69, 9.17) is 14.2 Å². The first-order valence-corrected chi connectivity index (χ1v) is 6.50. The molecule has 4 unspecified atom stereocenters. The maximum absolute atomic E-state index is 12.0. The average Bonchev–Trinajstić information content (AvgIpc) is 2.76. The minimum absolute atomic E-state index is 0.266. The van der Waals surface area contributed by atoms with Crippen molar-refractivity contribution in [2.24, 2.45) is 11.8 Å². The zero-order valence-electron chi connectivity index (χ0n) is 11.5. The van der Waals surface area contributed by atoms with Crippen LogP contribution >= 0.6 is 0 Å². The first-order chi connectivity index (χ1) is 8.60. The second-order valence-electron chi connectivity index (χ2n) is 4.36. The van der Waals surface area contributed by atoms with E-state index in [9.17, 15) is 9.59 Å². The van der Waals surface area contributed by atoms with E-state index in [1.54, 1.807) is 6.92 Å². The van der Waals surface area contributed by atoms with E-state index >= 15 is 0 Å². The Balaban J connectivity index is 2.96. The molecule has 18 heavy (non-hydrogen) atoms. The summed E-state index contributed by atoms with van der Waals surface area (Å²) in [7, 11) is 1.33. The van der Waals surface area contributed by atoms with E-state index in [0.717, 1.165) is 0 Å². The number of hydrogen-bond donors (Lipinski definition) is 0. The van der Waals surface area contributed by atoms with Crippen molar-refractivity contribution in [1.29, 1.82) is 0 Å². The Hall–Kier alpha value is -1.10. The first-order valence-electron chi connectivity index (χ1n) is 6.50. The summed E-state index contributed by atoms with van der Waals surface area (Å²) in [4.78, 5) is 23.9. The van der Waals surface area contributed by atoms with Crippen molar-refractivity contribution in [2.75, 3.05) is 13.7 Å². The van der Waals surface area contributed by atoms with Gasteiger partial charge in [0, 0.05) is 0 Å². The van der Waals surface area contributed by atoms with Crippen molar-refractivity contribution in [3.8, 4) is 0 Å². The summed E-state index contributed by atoms with van der Waals surface area (Å²) in [6.45, 7) is 5.92. The molecule has 1 rings (SSSR count). The summed E-state index contributed by atoms with van der Waals surface area (Å²) >= 11 is 0. The van der Waals surface area contributed by atoms with Gasteiger partial charge in [-0.15, -0.1) is 0 Å². The number of rotatable bonds is 5. The normalized spacial score (nSPS) is 31.1. The van der Waals surface area contributed by atoms with Crippen LogP contribution < -0.4 is 0 Å². The number of hydrogen-bond acceptors (Lipinski definition) is 5. The molecule has 1 heterocycles. The summed E-state index contributed by atoms with van der Waals surface area (Å²) in [5.74, 6) is -1.86. The average molecular weight is 258 g/mol. The molecule has 5 nitrogen and oxygen atoms in total. The molecule has 1 fully saturated rings. The molecular weight excluding hydrogens is 236 g/mol. The lowest BCUT2D eigenvalue weighted by Gasteiger charge is -2.19. The Kier molecular flexibility index (Phi) is 5.59. The van der Waals surface area contributed by atoms with Gasteiger partial charge in [-0.25, -0.2) is 0 Å². The van der Waals surface area contributed by atoms with Gasteiger partial charge in [-0.2, -0.15) is 0 Å². The third kappa shape index (κ3) is 2.83. The van der Waals surface area contributed by atoms with Crippen molar-refractivity contribution < 1.29 is 23.8 Å². The molecule has 0 N–H and O–H groups in total. The van der Waals surface area contributed by atoms with Crippen molar-refractivity contribution in [1.82, 2.24) is 0 Å². The lowest BCUT2D eigenvalue weighted by molar-refractivity contribution is -0.158. The quantitative estimate of drug-likeness (QED) is 0.700. The molecule has 0 bridgehead atoms. The molecule has 104 valence electrons. The van der Waals surface area contributed by atoms with Gasteiger partial charge in [0.25, 0.3) is 0 Å². The molecule has 0 aromatic rings. The maximum Gasteiger partial charge on any atom is 0.312 e. The summed E-state index contributed by atoms with van der Waals surface area (Å²) in [6.07, 6.45) is 0.814. The zero-order chi connectivity index (χ0) is 13.7. The van der Waals surface area contributed by atoms with Gasteiger partial charge >= 0.3 is 11.9 Å². The smallest absolute Gasteiger partial charge is 0.312 e. The fourth-order valence-corrected chi connectivity index (χ4v) is 2.53. The third-order valence-corrected chi connectivity index (χ3v) is 3.37. The minimum atomic E-state index is -0.552. The molecule has 0 radical (unpaired) electrons. The van der Waals surface area contributed by atoms with E-state index in [1.807, 2.05) is 13.8 Å². The van der Waals surface area contributed by atoms with Crippen molar-refractivity contribution >= 4 is 11.9 Å². The number of carbonyl (C=O) groups excluding carboxylic acids is 2. The van der Waals surface area contributed by atoms with E-state index in [2.05, 4.69) is 0 Å². The van der Waals surface area contributed by atoms with Crippen LogP contribution in [0.4, 0.5) is 0 Å². The minimum Gasteiger partial charge on any atom is -0.469 e. The van der Waals surface area contributed by atoms with Crippen LogP contribution in [-0.4, -0.2) is 37.9 Å². The van der Waals surface area contributed by atoms with Crippen LogP contribution in [0.1, 0.15) is 33.6 Å². The zero-order valence-corrected chi connectivity index (χ0v) is 11.5. The number of ether oxygens (including phenoxy) is 3. The van der Waals surface area contributed by atoms with Crippen molar-refractivity contribution in [2.45, 2.75) is 45.8 Å². The fourth-order valence-electron chi connectivity index (χ4n) is 2.53. The number of esters is 2. The molecule has 0 aromatic carbocycles. The predicted octanol–water partition coefficient (Wildman–Crippen LogP) is 1.54. The predicted molar refractivity (Wildman–Crippen MR) is 64.9 cm³/mol. The summed E-state index contributed by atoms with van der Waals surface area (Å²) in [6, 6.07) is 0. The molecule has 1 aliphatic heterocycles. The van der Waals surface area contributed by atoms with Crippen molar-refractivity contribution in [3.05, 3.63) is 0 Å². The van der Waals surface area contributed by atoms with Gasteiger partial charge in [0.05, 0.1) is 37.8 Å². The molecule has 5 heteroatoms. The van der Waals surface area contributed by atoms with Crippen LogP contribution in [-0.2, 0) is 23.8 Å². The molecule has 0 amide bonds. The summed E-state index contributed by atoms with van der Waals surface area (Å²) < 4.78 is 15.6. The van der Waals surface area contributed by atoms with Gasteiger partial charge in [0.1, 0.15) is 0 Å². The van der Waals surface area contributed by atoms with Crippen molar-refractivity contribution in [3.63, 3.8) is 0 Å². The lowest BCUT2D eigenvalue weighted by Crippen LogP contribution is -2.36. The summed E-state index contributed by atoms with van der Waals surface area (Å²) in [5, 5.41) is 0. The monoisotopic (exact) mass is 258 g/mol. The van der Waals surface area contributed by atoms with Crippen LogP contribution in [0.25, 0.3) is 0 Å². The highest BCUT2D eigenvalue weighted by atomic mass is 16.6. The fraction of sp³-hybridized carbons (Fsp3) is 0.846. The van der Waals surface area contributed by atoms with E-state index in [0.29, 0.717) is 19.4 Å². The molecule has 0 aliphatic carbocycles. The van der Waals surface area contributed by atoms with Gasteiger partial charge < -0.3 is 14.2 Å². The molecule has 0 spiro atoms. The van der Waals surface area contributed by atoms with Crippen LogP contribution in [0.15, 0.2) is 0 Å². The molecular formula is C13H22O5. The Morgan fingerprint density at radius 3 is 1.89 bits per heavy atom. The lowest BCUT2D eigenvalue weighted by atomic mass is 9.85. The number of carbonyl (C=O) groups is 2. The standard InChI is InChI=1S/C13H22O5/c1-5-8-10(12(14)16-4)11(9(6-2)18-8)13(15)17-7-3/h8-11H,5-7H2,1-4H3. The van der Waals surface area contributed by atoms with Crippen LogP contribution in [0.5, 0.6) is 0 Å². The Bertz CT molecular complexity index is 302. The van der Waals surface area contributed by atoms with Gasteiger partial charge in [-0.05, 0) is 19.8 Å². The Morgan fingerprint density at radius 1 is 1.00 bits per heavy atom. The molecule has 0 aromatic heterocycles. The van der Waals surface area contributed by atoms with E-state index in [-0.39, 0.29) is 18.2 Å². The van der Waals surface area contributed by atoms with Gasteiger partial charge in [0.2, 0.25) is 0 Å². The highest BCUT2D eigenvalue weighted by Crippen LogP contribution is 2.37. The second-order valence-corrected chi connectivity index (χ2v) is 4.36. The number of methoxy groups -OCH3 is 1. The topological polar surface area (TPSA) is 61.8 Å². The molecule has 1 aliphatic rings. The van der Waals surface area contributed by atoms with Crippen LogP contribution in [0.2, 0.25) is 0 Å². The summed E-state index contributed by atoms with van der Waals surface area (Å²) in [5.41, 5.74) is 0. The maximum atomic E-state index is 12.0. The van der Waals surface area contributed by atoms with E-state index in [1.165, 1.54) is 7.11 Å². The van der Waals surface area contributed by atoms with E-state index < -0.39 is 17.8 Å². The third-order valence-electron chi connectivity index (χ3n) is 3.37. The highest BCUT2D eigenvalue weighted by Gasteiger charge is 2.51. The van der Waals surface area contributed by atoms with Gasteiger partial charge in [0.15, 0.2) is 0 Å². The molecule has 1 saturated heterocycles. The Labute approximate surface area is 108 Å². The first kappa shape index (κ1) is 15.0. The van der Waals surface area contributed by atoms with Crippen LogP contribution in [0.3, 0.4) is 0 Å². The molecule has 4 atom stereocenters. The Morgan fingerprint density at radius 2 is 1.50 bits per heavy atom. The highest BCUT2D eigenvalue weighted by molar-refractivity contribution is 5.83. The van der Waals surface area contributed by atoms with Crippen LogP contribution in [0, 0.1) is 11.8 Å². The largest absolute Gasteiger partial charge is 0.469 e. The SMILES string of the molecule is CCOC(=O)C1C(CC)OC(CC)C1C(=O)OC. The second kappa shape index (κ2) is 6.73. The van der Waals surface area contributed by atoms with Gasteiger partial charge in [-0.3, -0.25) is 9.59 Å².